The second-order valence-electron chi connectivity index (χ2n) is 7.16. The van der Waals surface area contributed by atoms with Crippen molar-refractivity contribution in [3.05, 3.63) is 35.4 Å². The van der Waals surface area contributed by atoms with Crippen LogP contribution in [0.1, 0.15) is 35.2 Å². The van der Waals surface area contributed by atoms with E-state index in [1.165, 1.54) is 12.0 Å². The Bertz CT molecular complexity index is 535. The van der Waals surface area contributed by atoms with Gasteiger partial charge in [-0.25, -0.2) is 0 Å². The maximum Gasteiger partial charge on any atom is 0.253 e. The van der Waals surface area contributed by atoms with Gasteiger partial charge in [0, 0.05) is 31.7 Å². The first-order chi connectivity index (χ1) is 10.6. The molecule has 0 atom stereocenters. The molecule has 0 aromatic heterocycles. The number of carbonyl (C=O) groups excluding carboxylic acids is 1. The molecule has 2 heterocycles. The average Bonchev–Trinajstić information content (AvgIpc) is 2.95. The number of rotatable bonds is 3. The van der Waals surface area contributed by atoms with E-state index >= 15 is 0 Å². The van der Waals surface area contributed by atoms with E-state index in [9.17, 15) is 4.79 Å². The second-order valence-corrected chi connectivity index (χ2v) is 7.16. The van der Waals surface area contributed by atoms with Crippen LogP contribution >= 0.6 is 24.8 Å². The lowest BCUT2D eigenvalue weighted by atomic mass is 9.78. The smallest absolute Gasteiger partial charge is 0.253 e. The summed E-state index contributed by atoms with van der Waals surface area (Å²) < 4.78 is 0. The summed E-state index contributed by atoms with van der Waals surface area (Å²) in [5.41, 5.74) is 2.49. The standard InChI is InChI=1S/C18H27N3O.2ClH/c1-20(2)13-15-4-3-5-16(12-15)17(22)21-10-7-18(8-11-21)6-9-19-14-18;;/h3-5,12,19H,6-11,13-14H2,1-2H3;2*1H. The van der Waals surface area contributed by atoms with Crippen LogP contribution in [0, 0.1) is 5.41 Å². The van der Waals surface area contributed by atoms with Crippen molar-refractivity contribution in [3.8, 4) is 0 Å². The van der Waals surface area contributed by atoms with Gasteiger partial charge in [-0.05, 0) is 63.0 Å². The van der Waals surface area contributed by atoms with Crippen LogP contribution in [0.5, 0.6) is 0 Å². The quantitative estimate of drug-likeness (QED) is 0.884. The predicted octanol–water partition coefficient (Wildman–Crippen LogP) is 2.81. The molecule has 136 valence electrons. The molecule has 2 aliphatic rings. The molecule has 1 amide bonds. The van der Waals surface area contributed by atoms with Crippen molar-refractivity contribution in [3.63, 3.8) is 0 Å². The fourth-order valence-corrected chi connectivity index (χ4v) is 3.76. The van der Waals surface area contributed by atoms with E-state index in [2.05, 4.69) is 16.3 Å². The van der Waals surface area contributed by atoms with E-state index < -0.39 is 0 Å². The molecule has 4 nitrogen and oxygen atoms in total. The van der Waals surface area contributed by atoms with Crippen molar-refractivity contribution in [1.82, 2.24) is 15.1 Å². The van der Waals surface area contributed by atoms with Crippen LogP contribution in [0.4, 0.5) is 0 Å². The summed E-state index contributed by atoms with van der Waals surface area (Å²) >= 11 is 0. The number of nitrogens with zero attached hydrogens (tertiary/aromatic N) is 2. The normalized spacial score (nSPS) is 19.0. The molecule has 24 heavy (non-hydrogen) atoms. The van der Waals surface area contributed by atoms with Crippen molar-refractivity contribution in [1.29, 1.82) is 0 Å². The van der Waals surface area contributed by atoms with Crippen LogP contribution in [0.25, 0.3) is 0 Å². The zero-order valence-corrected chi connectivity index (χ0v) is 16.2. The average molecular weight is 374 g/mol. The molecule has 2 saturated heterocycles. The molecule has 1 aromatic rings. The fraction of sp³-hybridized carbons (Fsp3) is 0.611. The highest BCUT2D eigenvalue weighted by Gasteiger charge is 2.38. The summed E-state index contributed by atoms with van der Waals surface area (Å²) in [4.78, 5) is 16.9. The molecule has 0 unspecified atom stereocenters. The summed E-state index contributed by atoms with van der Waals surface area (Å²) in [7, 11) is 4.10. The number of piperidine rings is 1. The van der Waals surface area contributed by atoms with Crippen LogP contribution in [0.15, 0.2) is 24.3 Å². The molecule has 1 N–H and O–H groups in total. The van der Waals surface area contributed by atoms with E-state index in [4.69, 9.17) is 0 Å². The highest BCUT2D eigenvalue weighted by atomic mass is 35.5. The molecule has 2 aliphatic heterocycles. The molecular formula is C18H29Cl2N3O. The number of halogens is 2. The Balaban J connectivity index is 0.00000144. The number of nitrogens with one attached hydrogen (secondary N) is 1. The Kier molecular flexibility index (Phi) is 8.00. The first-order valence-corrected chi connectivity index (χ1v) is 8.32. The Morgan fingerprint density at radius 2 is 1.92 bits per heavy atom. The zero-order chi connectivity index (χ0) is 15.6. The van der Waals surface area contributed by atoms with Gasteiger partial charge in [-0.1, -0.05) is 12.1 Å². The van der Waals surface area contributed by atoms with Gasteiger partial charge in [0.25, 0.3) is 5.91 Å². The Morgan fingerprint density at radius 1 is 1.21 bits per heavy atom. The lowest BCUT2D eigenvalue weighted by Crippen LogP contribution is -2.44. The summed E-state index contributed by atoms with van der Waals surface area (Å²) in [6, 6.07) is 8.08. The van der Waals surface area contributed by atoms with Gasteiger partial charge in [-0.2, -0.15) is 0 Å². The van der Waals surface area contributed by atoms with Gasteiger partial charge in [-0.3, -0.25) is 4.79 Å². The van der Waals surface area contributed by atoms with Crippen LogP contribution in [-0.4, -0.2) is 56.0 Å². The van der Waals surface area contributed by atoms with E-state index in [1.54, 1.807) is 0 Å². The zero-order valence-electron chi connectivity index (χ0n) is 14.6. The molecule has 0 radical (unpaired) electrons. The van der Waals surface area contributed by atoms with Gasteiger partial charge in [-0.15, -0.1) is 24.8 Å². The monoisotopic (exact) mass is 373 g/mol. The Morgan fingerprint density at radius 3 is 2.50 bits per heavy atom. The van der Waals surface area contributed by atoms with Crippen LogP contribution in [0.2, 0.25) is 0 Å². The summed E-state index contributed by atoms with van der Waals surface area (Å²) in [6.07, 6.45) is 3.56. The minimum atomic E-state index is 0. The van der Waals surface area contributed by atoms with Crippen molar-refractivity contribution in [2.45, 2.75) is 25.8 Å². The first-order valence-electron chi connectivity index (χ1n) is 8.32. The topological polar surface area (TPSA) is 35.6 Å². The predicted molar refractivity (Wildman–Crippen MR) is 103 cm³/mol. The molecule has 3 rings (SSSR count). The van der Waals surface area contributed by atoms with Crippen LogP contribution < -0.4 is 5.32 Å². The van der Waals surface area contributed by atoms with Gasteiger partial charge >= 0.3 is 0 Å². The lowest BCUT2D eigenvalue weighted by molar-refractivity contribution is 0.0607. The van der Waals surface area contributed by atoms with Crippen molar-refractivity contribution < 1.29 is 4.79 Å². The SMILES string of the molecule is CN(C)Cc1cccc(C(=O)N2CCC3(CCNC3)CC2)c1.Cl.Cl. The summed E-state index contributed by atoms with van der Waals surface area (Å²) in [5.74, 6) is 0.196. The minimum Gasteiger partial charge on any atom is -0.339 e. The van der Waals surface area contributed by atoms with Gasteiger partial charge in [0.15, 0.2) is 0 Å². The molecule has 1 aromatic carbocycles. The number of carbonyl (C=O) groups is 1. The number of hydrogen-bond donors (Lipinski definition) is 1. The summed E-state index contributed by atoms with van der Waals surface area (Å²) in [5, 5.41) is 3.48. The Hall–Kier alpha value is -0.810. The summed E-state index contributed by atoms with van der Waals surface area (Å²) in [6.45, 7) is 4.95. The molecule has 0 aliphatic carbocycles. The molecule has 6 heteroatoms. The van der Waals surface area contributed by atoms with Gasteiger partial charge in [0.05, 0.1) is 0 Å². The molecule has 2 fully saturated rings. The number of amides is 1. The maximum atomic E-state index is 12.7. The largest absolute Gasteiger partial charge is 0.339 e. The third kappa shape index (κ3) is 4.85. The third-order valence-electron chi connectivity index (χ3n) is 5.12. The van der Waals surface area contributed by atoms with E-state index in [0.29, 0.717) is 5.41 Å². The highest BCUT2D eigenvalue weighted by molar-refractivity contribution is 5.94. The number of likely N-dealkylation sites (tertiary alicyclic amines) is 1. The van der Waals surface area contributed by atoms with Gasteiger partial charge < -0.3 is 15.1 Å². The molecular weight excluding hydrogens is 345 g/mol. The van der Waals surface area contributed by atoms with Gasteiger partial charge in [0.1, 0.15) is 0 Å². The van der Waals surface area contributed by atoms with Crippen molar-refractivity contribution >= 4 is 30.7 Å². The molecule has 0 bridgehead atoms. The third-order valence-corrected chi connectivity index (χ3v) is 5.12. The number of hydrogen-bond acceptors (Lipinski definition) is 3. The van der Waals surface area contributed by atoms with Crippen molar-refractivity contribution in [2.24, 2.45) is 5.41 Å². The lowest BCUT2D eigenvalue weighted by Gasteiger charge is -2.39. The minimum absolute atomic E-state index is 0. The Labute approximate surface area is 157 Å². The maximum absolute atomic E-state index is 12.7. The van der Waals surface area contributed by atoms with Gasteiger partial charge in [0.2, 0.25) is 0 Å². The molecule has 0 saturated carbocycles. The van der Waals surface area contributed by atoms with E-state index in [-0.39, 0.29) is 30.7 Å². The van der Waals surface area contributed by atoms with Crippen LogP contribution in [-0.2, 0) is 6.54 Å². The number of benzene rings is 1. The highest BCUT2D eigenvalue weighted by Crippen LogP contribution is 2.37. The molecule has 1 spiro atoms. The van der Waals surface area contributed by atoms with E-state index in [1.807, 2.05) is 37.2 Å². The fourth-order valence-electron chi connectivity index (χ4n) is 3.76. The first kappa shape index (κ1) is 21.2. The van der Waals surface area contributed by atoms with Crippen LogP contribution in [0.3, 0.4) is 0 Å². The van der Waals surface area contributed by atoms with Crippen molar-refractivity contribution in [2.75, 3.05) is 40.3 Å². The van der Waals surface area contributed by atoms with E-state index in [0.717, 1.165) is 51.1 Å². The second kappa shape index (κ2) is 9.04.